The summed E-state index contributed by atoms with van der Waals surface area (Å²) in [6.07, 6.45) is 0.855. The number of amides is 1. The summed E-state index contributed by atoms with van der Waals surface area (Å²) in [6, 6.07) is 11.1. The van der Waals surface area contributed by atoms with Crippen LogP contribution in [0.15, 0.2) is 47.0 Å². The van der Waals surface area contributed by atoms with Gasteiger partial charge in [0, 0.05) is 23.2 Å². The molecule has 7 heteroatoms. The van der Waals surface area contributed by atoms with E-state index in [9.17, 15) is 14.0 Å². The van der Waals surface area contributed by atoms with Gasteiger partial charge in [-0.3, -0.25) is 9.59 Å². The number of ether oxygens (including phenoxy) is 1. The monoisotopic (exact) mass is 420 g/mol. The highest BCUT2D eigenvalue weighted by molar-refractivity contribution is 6.03. The van der Waals surface area contributed by atoms with E-state index < -0.39 is 5.60 Å². The molecule has 0 aliphatic carbocycles. The molecule has 1 aromatic heterocycles. The summed E-state index contributed by atoms with van der Waals surface area (Å²) in [4.78, 5) is 27.3. The van der Waals surface area contributed by atoms with Crippen molar-refractivity contribution in [3.05, 3.63) is 70.7 Å². The molecule has 0 saturated carbocycles. The molecule has 3 heterocycles. The number of nitrogens with zero attached hydrogens (tertiary/aromatic N) is 2. The molecule has 0 unspecified atom stereocenters. The SMILES string of the molecule is CC1(C)CC(=O)c2cc(C(=O)N3CCc4c(noc4-c4ccc(F)cc4)C3)ccc2O1. The number of carbonyl (C=O) groups excluding carboxylic acids is 2. The van der Waals surface area contributed by atoms with Crippen molar-refractivity contribution in [2.24, 2.45) is 0 Å². The van der Waals surface area contributed by atoms with E-state index in [0.717, 1.165) is 11.1 Å². The third-order valence-corrected chi connectivity index (χ3v) is 5.73. The van der Waals surface area contributed by atoms with Gasteiger partial charge in [0.1, 0.15) is 22.9 Å². The standard InChI is InChI=1S/C24H21FN2O4/c1-24(2)12-20(28)18-11-15(5-8-21(18)30-24)23(29)27-10-9-17-19(13-27)26-31-22(17)14-3-6-16(25)7-4-14/h3-8,11H,9-10,12-13H2,1-2H3. The highest BCUT2D eigenvalue weighted by Gasteiger charge is 2.34. The van der Waals surface area contributed by atoms with Crippen molar-refractivity contribution in [2.75, 3.05) is 6.54 Å². The molecule has 0 atom stereocenters. The van der Waals surface area contributed by atoms with Crippen LogP contribution in [0.5, 0.6) is 5.75 Å². The Labute approximate surface area is 178 Å². The largest absolute Gasteiger partial charge is 0.487 e. The maximum absolute atomic E-state index is 13.2. The van der Waals surface area contributed by atoms with Gasteiger partial charge < -0.3 is 14.2 Å². The van der Waals surface area contributed by atoms with Gasteiger partial charge in [-0.15, -0.1) is 0 Å². The van der Waals surface area contributed by atoms with Crippen LogP contribution in [0.25, 0.3) is 11.3 Å². The fourth-order valence-corrected chi connectivity index (χ4v) is 4.20. The topological polar surface area (TPSA) is 72.6 Å². The molecule has 158 valence electrons. The molecule has 2 aromatic carbocycles. The van der Waals surface area contributed by atoms with E-state index in [2.05, 4.69) is 5.16 Å². The highest BCUT2D eigenvalue weighted by Crippen LogP contribution is 2.35. The zero-order chi connectivity index (χ0) is 21.8. The minimum Gasteiger partial charge on any atom is -0.487 e. The lowest BCUT2D eigenvalue weighted by atomic mass is 9.92. The van der Waals surface area contributed by atoms with Gasteiger partial charge in [0.2, 0.25) is 0 Å². The molecule has 2 aliphatic rings. The molecule has 0 bridgehead atoms. The Morgan fingerprint density at radius 3 is 2.71 bits per heavy atom. The van der Waals surface area contributed by atoms with E-state index in [4.69, 9.17) is 9.26 Å². The minimum atomic E-state index is -0.548. The quantitative estimate of drug-likeness (QED) is 0.614. The second kappa shape index (κ2) is 7.04. The number of benzene rings is 2. The molecule has 0 N–H and O–H groups in total. The zero-order valence-corrected chi connectivity index (χ0v) is 17.3. The van der Waals surface area contributed by atoms with Crippen molar-refractivity contribution in [1.29, 1.82) is 0 Å². The lowest BCUT2D eigenvalue weighted by Gasteiger charge is -2.32. The molecule has 0 fully saturated rings. The number of ketones is 1. The molecule has 2 aliphatic heterocycles. The maximum Gasteiger partial charge on any atom is 0.254 e. The van der Waals surface area contributed by atoms with E-state index in [0.29, 0.717) is 47.8 Å². The van der Waals surface area contributed by atoms with Gasteiger partial charge in [0.05, 0.1) is 18.5 Å². The van der Waals surface area contributed by atoms with Crippen molar-refractivity contribution in [3.63, 3.8) is 0 Å². The number of carbonyl (C=O) groups is 2. The Morgan fingerprint density at radius 1 is 1.16 bits per heavy atom. The van der Waals surface area contributed by atoms with E-state index in [1.807, 2.05) is 13.8 Å². The smallest absolute Gasteiger partial charge is 0.254 e. The second-order valence-electron chi connectivity index (χ2n) is 8.59. The third kappa shape index (κ3) is 3.50. The summed E-state index contributed by atoms with van der Waals surface area (Å²) in [5.74, 6) is 0.617. The summed E-state index contributed by atoms with van der Waals surface area (Å²) in [7, 11) is 0. The Bertz CT molecular complexity index is 1200. The first-order valence-electron chi connectivity index (χ1n) is 10.2. The van der Waals surface area contributed by atoms with Crippen LogP contribution in [0.2, 0.25) is 0 Å². The maximum atomic E-state index is 13.2. The Kier molecular flexibility index (Phi) is 4.43. The summed E-state index contributed by atoms with van der Waals surface area (Å²) in [6.45, 7) is 4.55. The zero-order valence-electron chi connectivity index (χ0n) is 17.3. The number of rotatable bonds is 2. The number of hydrogen-bond donors (Lipinski definition) is 0. The highest BCUT2D eigenvalue weighted by atomic mass is 19.1. The van der Waals surface area contributed by atoms with Gasteiger partial charge >= 0.3 is 0 Å². The number of halogens is 1. The van der Waals surface area contributed by atoms with E-state index in [1.54, 1.807) is 35.2 Å². The molecule has 3 aromatic rings. The molecule has 0 spiro atoms. The van der Waals surface area contributed by atoms with Gasteiger partial charge in [-0.25, -0.2) is 4.39 Å². The Balaban J connectivity index is 1.38. The molecule has 6 nitrogen and oxygen atoms in total. The van der Waals surface area contributed by atoms with Crippen LogP contribution in [0.1, 0.15) is 52.2 Å². The van der Waals surface area contributed by atoms with Crippen LogP contribution in [0, 0.1) is 5.82 Å². The first kappa shape index (κ1) is 19.5. The van der Waals surface area contributed by atoms with Crippen molar-refractivity contribution >= 4 is 11.7 Å². The predicted octanol–water partition coefficient (Wildman–Crippen LogP) is 4.42. The minimum absolute atomic E-state index is 0.0257. The van der Waals surface area contributed by atoms with E-state index in [-0.39, 0.29) is 23.9 Å². The van der Waals surface area contributed by atoms with Crippen LogP contribution >= 0.6 is 0 Å². The van der Waals surface area contributed by atoms with Crippen LogP contribution in [-0.4, -0.2) is 33.9 Å². The second-order valence-corrected chi connectivity index (χ2v) is 8.59. The molecular weight excluding hydrogens is 399 g/mol. The van der Waals surface area contributed by atoms with E-state index >= 15 is 0 Å². The molecule has 1 amide bonds. The average molecular weight is 420 g/mol. The molecular formula is C24H21FN2O4. The molecule has 5 rings (SSSR count). The lowest BCUT2D eigenvalue weighted by Crippen LogP contribution is -2.37. The number of hydrogen-bond acceptors (Lipinski definition) is 5. The predicted molar refractivity (Wildman–Crippen MR) is 110 cm³/mol. The van der Waals surface area contributed by atoms with Crippen molar-refractivity contribution < 1.29 is 23.2 Å². The van der Waals surface area contributed by atoms with Gasteiger partial charge in [0.25, 0.3) is 5.91 Å². The van der Waals surface area contributed by atoms with E-state index in [1.165, 1.54) is 12.1 Å². The molecule has 0 radical (unpaired) electrons. The average Bonchev–Trinajstić information content (AvgIpc) is 3.16. The van der Waals surface area contributed by atoms with Crippen LogP contribution in [0.3, 0.4) is 0 Å². The fraction of sp³-hybridized carbons (Fsp3) is 0.292. The van der Waals surface area contributed by atoms with Crippen molar-refractivity contribution in [2.45, 2.75) is 38.8 Å². The van der Waals surface area contributed by atoms with Gasteiger partial charge in [-0.1, -0.05) is 5.16 Å². The third-order valence-electron chi connectivity index (χ3n) is 5.73. The van der Waals surface area contributed by atoms with Gasteiger partial charge in [-0.05, 0) is 62.7 Å². The Hall–Kier alpha value is -3.48. The normalized spacial score (nSPS) is 17.0. The first-order valence-corrected chi connectivity index (χ1v) is 10.2. The van der Waals surface area contributed by atoms with Crippen molar-refractivity contribution in [1.82, 2.24) is 10.1 Å². The summed E-state index contributed by atoms with van der Waals surface area (Å²) < 4.78 is 24.6. The Morgan fingerprint density at radius 2 is 1.94 bits per heavy atom. The van der Waals surface area contributed by atoms with Crippen LogP contribution in [0.4, 0.5) is 4.39 Å². The first-order chi connectivity index (χ1) is 14.8. The fourth-order valence-electron chi connectivity index (χ4n) is 4.20. The number of fused-ring (bicyclic) bond motifs is 2. The summed E-state index contributed by atoms with van der Waals surface area (Å²) in [5, 5.41) is 4.14. The number of aromatic nitrogens is 1. The van der Waals surface area contributed by atoms with Crippen LogP contribution in [-0.2, 0) is 13.0 Å². The molecule has 31 heavy (non-hydrogen) atoms. The summed E-state index contributed by atoms with van der Waals surface area (Å²) in [5.41, 5.74) is 2.73. The lowest BCUT2D eigenvalue weighted by molar-refractivity contribution is 0.0619. The molecule has 0 saturated heterocycles. The van der Waals surface area contributed by atoms with Gasteiger partial charge in [-0.2, -0.15) is 0 Å². The van der Waals surface area contributed by atoms with Gasteiger partial charge in [0.15, 0.2) is 11.5 Å². The van der Waals surface area contributed by atoms with Crippen molar-refractivity contribution in [3.8, 4) is 17.1 Å². The summed E-state index contributed by atoms with van der Waals surface area (Å²) >= 11 is 0. The van der Waals surface area contributed by atoms with Crippen LogP contribution < -0.4 is 4.74 Å². The number of Topliss-reactive ketones (excluding diaryl/α,β-unsaturated/α-hetero) is 1.